The third-order valence-electron chi connectivity index (χ3n) is 2.95. The van der Waals surface area contributed by atoms with Crippen molar-refractivity contribution in [2.24, 2.45) is 11.0 Å². The normalized spacial score (nSPS) is 23.2. The van der Waals surface area contributed by atoms with Gasteiger partial charge in [0.1, 0.15) is 6.10 Å². The summed E-state index contributed by atoms with van der Waals surface area (Å²) in [5.74, 6) is -1.87. The number of nitrogens with one attached hydrogen (secondary N) is 1. The SMILES string of the molecule is [N-]=[N+]=NCCCNC(=O)C1C=C2C=CC=CC2OC1=O. The van der Waals surface area contributed by atoms with Crippen molar-refractivity contribution < 1.29 is 14.3 Å². The molecule has 0 aromatic rings. The standard InChI is InChI=1S/C13H14N4O3/c14-17-16-7-3-6-15-12(18)10-8-9-4-1-2-5-11(9)20-13(10)19/h1-2,4-5,8,10-11H,3,6-7H2,(H,15,18). The number of ether oxygens (including phenoxy) is 1. The number of amides is 1. The highest BCUT2D eigenvalue weighted by molar-refractivity contribution is 6.00. The first-order valence-electron chi connectivity index (χ1n) is 6.28. The Morgan fingerprint density at radius 1 is 1.50 bits per heavy atom. The van der Waals surface area contributed by atoms with Gasteiger partial charge in [-0.1, -0.05) is 29.4 Å². The number of fused-ring (bicyclic) bond motifs is 1. The Balaban J connectivity index is 1.92. The van der Waals surface area contributed by atoms with Gasteiger partial charge in [-0.2, -0.15) is 0 Å². The van der Waals surface area contributed by atoms with E-state index in [2.05, 4.69) is 15.3 Å². The molecule has 0 aromatic carbocycles. The summed E-state index contributed by atoms with van der Waals surface area (Å²) in [4.78, 5) is 26.3. The molecule has 2 aliphatic rings. The molecule has 2 rings (SSSR count). The van der Waals surface area contributed by atoms with Crippen molar-refractivity contribution in [2.75, 3.05) is 13.1 Å². The van der Waals surface area contributed by atoms with E-state index < -0.39 is 17.8 Å². The third kappa shape index (κ3) is 3.27. The van der Waals surface area contributed by atoms with E-state index >= 15 is 0 Å². The fourth-order valence-electron chi connectivity index (χ4n) is 1.95. The minimum absolute atomic E-state index is 0.308. The zero-order valence-corrected chi connectivity index (χ0v) is 10.7. The Morgan fingerprint density at radius 2 is 2.35 bits per heavy atom. The van der Waals surface area contributed by atoms with Gasteiger partial charge in [0.05, 0.1) is 0 Å². The minimum Gasteiger partial charge on any atom is -0.452 e. The maximum absolute atomic E-state index is 11.9. The van der Waals surface area contributed by atoms with Gasteiger partial charge in [0.2, 0.25) is 5.91 Å². The van der Waals surface area contributed by atoms with Crippen molar-refractivity contribution >= 4 is 11.9 Å². The number of nitrogens with zero attached hydrogens (tertiary/aromatic N) is 3. The number of esters is 1. The molecular formula is C13H14N4O3. The van der Waals surface area contributed by atoms with Crippen molar-refractivity contribution in [3.63, 3.8) is 0 Å². The molecule has 104 valence electrons. The molecule has 0 spiro atoms. The van der Waals surface area contributed by atoms with Crippen LogP contribution in [-0.2, 0) is 14.3 Å². The molecule has 1 aliphatic heterocycles. The van der Waals surface area contributed by atoms with Gasteiger partial charge in [-0.15, -0.1) is 0 Å². The molecule has 0 saturated heterocycles. The van der Waals surface area contributed by atoms with Crippen molar-refractivity contribution in [1.29, 1.82) is 0 Å². The predicted octanol–water partition coefficient (Wildman–Crippen LogP) is 1.40. The van der Waals surface area contributed by atoms with Gasteiger partial charge in [-0.3, -0.25) is 9.59 Å². The molecule has 0 saturated carbocycles. The van der Waals surface area contributed by atoms with Crippen LogP contribution in [0.1, 0.15) is 6.42 Å². The lowest BCUT2D eigenvalue weighted by molar-refractivity contribution is -0.153. The maximum atomic E-state index is 11.9. The number of allylic oxidation sites excluding steroid dienone is 2. The van der Waals surface area contributed by atoms with E-state index in [4.69, 9.17) is 10.3 Å². The Labute approximate surface area is 115 Å². The lowest BCUT2D eigenvalue weighted by Crippen LogP contribution is -2.40. The summed E-state index contributed by atoms with van der Waals surface area (Å²) in [6.07, 6.45) is 8.97. The number of carbonyl (C=O) groups excluding carboxylic acids is 2. The van der Waals surface area contributed by atoms with Crippen LogP contribution in [0.25, 0.3) is 10.4 Å². The Morgan fingerprint density at radius 3 is 3.15 bits per heavy atom. The second kappa shape index (κ2) is 6.58. The van der Waals surface area contributed by atoms with Crippen LogP contribution in [-0.4, -0.2) is 31.1 Å². The molecule has 20 heavy (non-hydrogen) atoms. The van der Waals surface area contributed by atoms with Crippen LogP contribution in [0.15, 0.2) is 41.1 Å². The Bertz CT molecular complexity index is 544. The molecular weight excluding hydrogens is 260 g/mol. The quantitative estimate of drug-likeness (QED) is 0.204. The topological polar surface area (TPSA) is 104 Å². The molecule has 1 amide bonds. The van der Waals surface area contributed by atoms with Crippen LogP contribution in [0.3, 0.4) is 0 Å². The van der Waals surface area contributed by atoms with Gasteiger partial charge in [0.25, 0.3) is 0 Å². The van der Waals surface area contributed by atoms with E-state index in [0.29, 0.717) is 19.5 Å². The van der Waals surface area contributed by atoms with Gasteiger partial charge < -0.3 is 10.1 Å². The molecule has 7 heteroatoms. The van der Waals surface area contributed by atoms with Gasteiger partial charge in [0, 0.05) is 18.0 Å². The van der Waals surface area contributed by atoms with Crippen LogP contribution in [0, 0.1) is 5.92 Å². The zero-order chi connectivity index (χ0) is 14.4. The van der Waals surface area contributed by atoms with Gasteiger partial charge >= 0.3 is 5.97 Å². The number of azide groups is 1. The summed E-state index contributed by atoms with van der Waals surface area (Å²) in [6, 6.07) is 0. The van der Waals surface area contributed by atoms with Crippen molar-refractivity contribution in [2.45, 2.75) is 12.5 Å². The summed E-state index contributed by atoms with van der Waals surface area (Å²) in [6.45, 7) is 0.659. The van der Waals surface area contributed by atoms with Gasteiger partial charge in [-0.25, -0.2) is 0 Å². The van der Waals surface area contributed by atoms with Crippen LogP contribution in [0.2, 0.25) is 0 Å². The van der Waals surface area contributed by atoms with Crippen molar-refractivity contribution in [1.82, 2.24) is 5.32 Å². The van der Waals surface area contributed by atoms with Crippen LogP contribution >= 0.6 is 0 Å². The fraction of sp³-hybridized carbons (Fsp3) is 0.385. The third-order valence-corrected chi connectivity index (χ3v) is 2.95. The molecule has 0 bridgehead atoms. The molecule has 0 aromatic heterocycles. The van der Waals surface area contributed by atoms with Crippen molar-refractivity contribution in [3.8, 4) is 0 Å². The predicted molar refractivity (Wildman–Crippen MR) is 71.4 cm³/mol. The average molecular weight is 274 g/mol. The number of hydrogen-bond donors (Lipinski definition) is 1. The molecule has 2 unspecified atom stereocenters. The first-order chi connectivity index (χ1) is 9.72. The molecule has 2 atom stereocenters. The zero-order valence-electron chi connectivity index (χ0n) is 10.7. The van der Waals surface area contributed by atoms with E-state index in [-0.39, 0.29) is 6.10 Å². The van der Waals surface area contributed by atoms with Crippen LogP contribution in [0.4, 0.5) is 0 Å². The molecule has 0 radical (unpaired) electrons. The lowest BCUT2D eigenvalue weighted by Gasteiger charge is -2.26. The maximum Gasteiger partial charge on any atom is 0.323 e. The van der Waals surface area contributed by atoms with Gasteiger partial charge in [0.15, 0.2) is 5.92 Å². The average Bonchev–Trinajstić information content (AvgIpc) is 2.46. The molecule has 0 fully saturated rings. The first kappa shape index (κ1) is 13.9. The number of carbonyl (C=O) groups is 2. The highest BCUT2D eigenvalue weighted by atomic mass is 16.5. The molecule has 7 nitrogen and oxygen atoms in total. The highest BCUT2D eigenvalue weighted by Gasteiger charge is 2.33. The summed E-state index contributed by atoms with van der Waals surface area (Å²) < 4.78 is 5.20. The first-order valence-corrected chi connectivity index (χ1v) is 6.28. The monoisotopic (exact) mass is 274 g/mol. The van der Waals surface area contributed by atoms with E-state index in [1.165, 1.54) is 0 Å². The summed E-state index contributed by atoms with van der Waals surface area (Å²) in [5.41, 5.74) is 8.92. The molecule has 1 heterocycles. The van der Waals surface area contributed by atoms with Crippen molar-refractivity contribution in [3.05, 3.63) is 46.4 Å². The number of hydrogen-bond acceptors (Lipinski definition) is 4. The van der Waals surface area contributed by atoms with Crippen LogP contribution in [0.5, 0.6) is 0 Å². The second-order valence-corrected chi connectivity index (χ2v) is 4.34. The Hall–Kier alpha value is -2.53. The van der Waals surface area contributed by atoms with E-state index in [9.17, 15) is 9.59 Å². The van der Waals surface area contributed by atoms with E-state index in [1.807, 2.05) is 12.2 Å². The minimum atomic E-state index is -0.920. The summed E-state index contributed by atoms with van der Waals surface area (Å²) in [7, 11) is 0. The largest absolute Gasteiger partial charge is 0.452 e. The lowest BCUT2D eigenvalue weighted by atomic mass is 9.95. The summed E-state index contributed by atoms with van der Waals surface area (Å²) >= 11 is 0. The smallest absolute Gasteiger partial charge is 0.323 e. The van der Waals surface area contributed by atoms with E-state index in [0.717, 1.165) is 5.57 Å². The highest BCUT2D eigenvalue weighted by Crippen LogP contribution is 2.24. The Kier molecular flexibility index (Phi) is 4.57. The molecule has 1 N–H and O–H groups in total. The molecule has 1 aliphatic carbocycles. The second-order valence-electron chi connectivity index (χ2n) is 4.34. The number of rotatable bonds is 5. The fourth-order valence-corrected chi connectivity index (χ4v) is 1.95. The van der Waals surface area contributed by atoms with Gasteiger partial charge in [-0.05, 0) is 23.6 Å². The summed E-state index contributed by atoms with van der Waals surface area (Å²) in [5, 5.41) is 5.99. The van der Waals surface area contributed by atoms with E-state index in [1.54, 1.807) is 18.2 Å². The van der Waals surface area contributed by atoms with Crippen LogP contribution < -0.4 is 5.32 Å².